The highest BCUT2D eigenvalue weighted by atomic mass is 16.1. The molecule has 1 saturated heterocycles. The van der Waals surface area contributed by atoms with Crippen LogP contribution in [0.2, 0.25) is 0 Å². The highest BCUT2D eigenvalue weighted by molar-refractivity contribution is 5.90. The van der Waals surface area contributed by atoms with Crippen LogP contribution in [0.4, 0.5) is 5.69 Å². The molecule has 7 heteroatoms. The second kappa shape index (κ2) is 10.1. The average Bonchev–Trinajstić information content (AvgIpc) is 3.30. The average molecular weight is 405 g/mol. The summed E-state index contributed by atoms with van der Waals surface area (Å²) in [6.45, 7) is 6.84. The molecule has 4 rings (SSSR count). The Labute approximate surface area is 177 Å². The van der Waals surface area contributed by atoms with Crippen LogP contribution in [0.3, 0.4) is 0 Å². The number of nitrogens with zero attached hydrogens (tertiary/aromatic N) is 5. The lowest BCUT2D eigenvalue weighted by Crippen LogP contribution is -2.45. The van der Waals surface area contributed by atoms with Crippen molar-refractivity contribution in [2.45, 2.75) is 26.1 Å². The van der Waals surface area contributed by atoms with Crippen LogP contribution in [0.5, 0.6) is 0 Å². The fourth-order valence-corrected chi connectivity index (χ4v) is 3.69. The fraction of sp³-hybridized carbons (Fsp3) is 0.348. The van der Waals surface area contributed by atoms with Crippen LogP contribution < -0.4 is 5.32 Å². The number of hydrogen-bond donors (Lipinski definition) is 1. The summed E-state index contributed by atoms with van der Waals surface area (Å²) < 4.78 is 1.66. The molecule has 0 bridgehead atoms. The summed E-state index contributed by atoms with van der Waals surface area (Å²) >= 11 is 0. The van der Waals surface area contributed by atoms with Gasteiger partial charge in [0.05, 0.1) is 6.54 Å². The smallest absolute Gasteiger partial charge is 0.226 e. The lowest BCUT2D eigenvalue weighted by Gasteiger charge is -2.34. The number of benzene rings is 2. The van der Waals surface area contributed by atoms with Crippen LogP contribution in [-0.4, -0.2) is 56.7 Å². The zero-order valence-corrected chi connectivity index (χ0v) is 17.2. The third-order valence-corrected chi connectivity index (χ3v) is 5.39. The van der Waals surface area contributed by atoms with Gasteiger partial charge < -0.3 is 5.32 Å². The molecular weight excluding hydrogens is 376 g/mol. The van der Waals surface area contributed by atoms with Gasteiger partial charge in [0.2, 0.25) is 5.91 Å². The zero-order valence-electron chi connectivity index (χ0n) is 17.2. The maximum atomic E-state index is 12.1. The predicted molar refractivity (Wildman–Crippen MR) is 117 cm³/mol. The Morgan fingerprint density at radius 3 is 2.10 bits per heavy atom. The van der Waals surface area contributed by atoms with Gasteiger partial charge in [-0.3, -0.25) is 19.3 Å². The van der Waals surface area contributed by atoms with Crippen molar-refractivity contribution in [2.75, 3.05) is 31.5 Å². The van der Waals surface area contributed by atoms with E-state index in [0.29, 0.717) is 13.0 Å². The van der Waals surface area contributed by atoms with Crippen LogP contribution in [0.1, 0.15) is 17.5 Å². The lowest BCUT2D eigenvalue weighted by atomic mass is 10.1. The third-order valence-electron chi connectivity index (χ3n) is 5.39. The monoisotopic (exact) mass is 404 g/mol. The van der Waals surface area contributed by atoms with E-state index < -0.39 is 0 Å². The van der Waals surface area contributed by atoms with E-state index in [1.54, 1.807) is 11.0 Å². The summed E-state index contributed by atoms with van der Waals surface area (Å²) in [7, 11) is 0. The molecule has 0 atom stereocenters. The SMILES string of the molecule is O=C(CCn1cncn1)Nc1ccc(CN2CCN(Cc3ccccc3)CC2)cc1. The van der Waals surface area contributed by atoms with E-state index in [-0.39, 0.29) is 5.91 Å². The van der Waals surface area contributed by atoms with Gasteiger partial charge in [-0.15, -0.1) is 0 Å². The number of piperazine rings is 1. The van der Waals surface area contributed by atoms with Gasteiger partial charge in [-0.25, -0.2) is 4.98 Å². The first kappa shape index (κ1) is 20.3. The Balaban J connectivity index is 1.19. The van der Waals surface area contributed by atoms with Crippen LogP contribution in [-0.2, 0) is 24.4 Å². The molecule has 0 aliphatic carbocycles. The van der Waals surface area contributed by atoms with Crippen LogP contribution >= 0.6 is 0 Å². The van der Waals surface area contributed by atoms with E-state index in [1.165, 1.54) is 17.5 Å². The van der Waals surface area contributed by atoms with Crippen LogP contribution in [0.25, 0.3) is 0 Å². The number of anilines is 1. The van der Waals surface area contributed by atoms with Crippen molar-refractivity contribution in [1.29, 1.82) is 0 Å². The normalized spacial score (nSPS) is 15.2. The molecule has 1 N–H and O–H groups in total. The summed E-state index contributed by atoms with van der Waals surface area (Å²) in [6.07, 6.45) is 3.46. The van der Waals surface area contributed by atoms with Crippen molar-refractivity contribution < 1.29 is 4.79 Å². The summed E-state index contributed by atoms with van der Waals surface area (Å²) in [5.41, 5.74) is 3.48. The number of hydrogen-bond acceptors (Lipinski definition) is 5. The molecule has 7 nitrogen and oxygen atoms in total. The lowest BCUT2D eigenvalue weighted by molar-refractivity contribution is -0.116. The first-order valence-electron chi connectivity index (χ1n) is 10.4. The maximum Gasteiger partial charge on any atom is 0.226 e. The minimum absolute atomic E-state index is 0.0206. The van der Waals surface area contributed by atoms with Crippen LogP contribution in [0.15, 0.2) is 67.3 Å². The molecule has 1 aliphatic heterocycles. The number of nitrogens with one attached hydrogen (secondary N) is 1. The topological polar surface area (TPSA) is 66.3 Å². The highest BCUT2D eigenvalue weighted by Gasteiger charge is 2.17. The number of carbonyl (C=O) groups excluding carboxylic acids is 1. The molecule has 30 heavy (non-hydrogen) atoms. The number of aryl methyl sites for hydroxylation is 1. The molecule has 1 aromatic heterocycles. The van der Waals surface area contributed by atoms with Gasteiger partial charge in [0, 0.05) is 51.4 Å². The summed E-state index contributed by atoms with van der Waals surface area (Å²) in [5.74, 6) is -0.0206. The van der Waals surface area contributed by atoms with Crippen molar-refractivity contribution in [1.82, 2.24) is 24.6 Å². The molecule has 3 aromatic rings. The molecule has 0 spiro atoms. The first-order valence-corrected chi connectivity index (χ1v) is 10.4. The van der Waals surface area contributed by atoms with Crippen molar-refractivity contribution >= 4 is 11.6 Å². The molecule has 0 saturated carbocycles. The molecule has 1 aliphatic rings. The Morgan fingerprint density at radius 2 is 1.50 bits per heavy atom. The van der Waals surface area contributed by atoms with E-state index in [1.807, 2.05) is 12.1 Å². The summed E-state index contributed by atoms with van der Waals surface area (Å²) in [5, 5.41) is 6.95. The van der Waals surface area contributed by atoms with E-state index >= 15 is 0 Å². The van der Waals surface area contributed by atoms with E-state index in [2.05, 4.69) is 67.7 Å². The standard InChI is InChI=1S/C23H28N6O/c30-23(10-11-29-19-24-18-25-29)26-22-8-6-21(7-9-22)17-28-14-12-27(13-15-28)16-20-4-2-1-3-5-20/h1-9,18-19H,10-17H2,(H,26,30). The van der Waals surface area contributed by atoms with Gasteiger partial charge in [0.25, 0.3) is 0 Å². The first-order chi connectivity index (χ1) is 14.7. The Kier molecular flexibility index (Phi) is 6.84. The summed E-state index contributed by atoms with van der Waals surface area (Å²) in [6, 6.07) is 18.8. The van der Waals surface area contributed by atoms with Crippen molar-refractivity contribution in [3.05, 3.63) is 78.4 Å². The highest BCUT2D eigenvalue weighted by Crippen LogP contribution is 2.14. The van der Waals surface area contributed by atoms with E-state index in [4.69, 9.17) is 0 Å². The molecule has 0 radical (unpaired) electrons. The van der Waals surface area contributed by atoms with Gasteiger partial charge in [-0.1, -0.05) is 42.5 Å². The minimum Gasteiger partial charge on any atom is -0.326 e. The molecular formula is C23H28N6O. The van der Waals surface area contributed by atoms with Gasteiger partial charge in [-0.05, 0) is 23.3 Å². The molecule has 2 aromatic carbocycles. The van der Waals surface area contributed by atoms with Gasteiger partial charge >= 0.3 is 0 Å². The predicted octanol–water partition coefficient (Wildman–Crippen LogP) is 2.62. The van der Waals surface area contributed by atoms with Crippen LogP contribution in [0, 0.1) is 0 Å². The second-order valence-corrected chi connectivity index (χ2v) is 7.69. The minimum atomic E-state index is -0.0206. The van der Waals surface area contributed by atoms with Gasteiger partial charge in [-0.2, -0.15) is 5.10 Å². The number of carbonyl (C=O) groups is 1. The Bertz CT molecular complexity index is 903. The Morgan fingerprint density at radius 1 is 0.867 bits per heavy atom. The van der Waals surface area contributed by atoms with Crippen molar-refractivity contribution in [3.8, 4) is 0 Å². The zero-order chi connectivity index (χ0) is 20.6. The van der Waals surface area contributed by atoms with Gasteiger partial charge in [0.15, 0.2) is 0 Å². The second-order valence-electron chi connectivity index (χ2n) is 7.69. The summed E-state index contributed by atoms with van der Waals surface area (Å²) in [4.78, 5) is 21.0. The van der Waals surface area contributed by atoms with E-state index in [9.17, 15) is 4.79 Å². The molecule has 1 fully saturated rings. The number of rotatable bonds is 8. The number of amides is 1. The molecule has 156 valence electrons. The maximum absolute atomic E-state index is 12.1. The molecule has 2 heterocycles. The number of aromatic nitrogens is 3. The van der Waals surface area contributed by atoms with Crippen molar-refractivity contribution in [2.24, 2.45) is 0 Å². The molecule has 1 amide bonds. The van der Waals surface area contributed by atoms with Crippen molar-refractivity contribution in [3.63, 3.8) is 0 Å². The van der Waals surface area contributed by atoms with E-state index in [0.717, 1.165) is 45.0 Å². The van der Waals surface area contributed by atoms with Gasteiger partial charge in [0.1, 0.15) is 12.7 Å². The molecule has 0 unspecified atom stereocenters. The Hall–Kier alpha value is -3.03. The quantitative estimate of drug-likeness (QED) is 0.625. The fourth-order valence-electron chi connectivity index (χ4n) is 3.69. The third kappa shape index (κ3) is 5.98. The largest absolute Gasteiger partial charge is 0.326 e.